The molecule has 0 radical (unpaired) electrons. The van der Waals surface area contributed by atoms with Crippen LogP contribution in [0.25, 0.3) is 0 Å². The summed E-state index contributed by atoms with van der Waals surface area (Å²) in [5.74, 6) is 0.848. The number of nitrogens with one attached hydrogen (secondary N) is 3. The number of methoxy groups -OCH3 is 1. The van der Waals surface area contributed by atoms with Crippen LogP contribution >= 0.6 is 0 Å². The molecule has 158 valence electrons. The van der Waals surface area contributed by atoms with E-state index in [9.17, 15) is 9.59 Å². The maximum atomic E-state index is 13.2. The summed E-state index contributed by atoms with van der Waals surface area (Å²) in [6.45, 7) is 8.12. The Morgan fingerprint density at radius 3 is 2.50 bits per heavy atom. The molecule has 1 aliphatic rings. The summed E-state index contributed by atoms with van der Waals surface area (Å²) in [5.41, 5.74) is 4.57. The standard InChI is InChI=1S/C23H27N3O4/c1-6-30-18-10-8-16(12-19(18)29-5)21-20(15(4)24-23(28)26-21)22(27)25-17-9-7-13(2)14(3)11-17/h7-12,21H,6H2,1-5H3,(H,25,27)(H2,24,26,28)/t21-/m1/s1. The van der Waals surface area contributed by atoms with E-state index < -0.39 is 6.04 Å². The van der Waals surface area contributed by atoms with Gasteiger partial charge in [-0.05, 0) is 68.7 Å². The van der Waals surface area contributed by atoms with Crippen LogP contribution in [0.1, 0.15) is 36.6 Å². The molecular weight excluding hydrogens is 382 g/mol. The van der Waals surface area contributed by atoms with Crippen molar-refractivity contribution in [2.75, 3.05) is 19.0 Å². The first-order chi connectivity index (χ1) is 14.3. The van der Waals surface area contributed by atoms with E-state index >= 15 is 0 Å². The second-order valence-corrected chi connectivity index (χ2v) is 7.17. The second kappa shape index (κ2) is 8.90. The number of allylic oxidation sites excluding steroid dienone is 1. The van der Waals surface area contributed by atoms with Crippen molar-refractivity contribution in [1.29, 1.82) is 0 Å². The predicted molar refractivity (Wildman–Crippen MR) is 116 cm³/mol. The Kier molecular flexibility index (Phi) is 6.30. The predicted octanol–water partition coefficient (Wildman–Crippen LogP) is 3.98. The number of rotatable bonds is 6. The Bertz CT molecular complexity index is 1010. The van der Waals surface area contributed by atoms with Crippen molar-refractivity contribution in [3.63, 3.8) is 0 Å². The maximum absolute atomic E-state index is 13.2. The summed E-state index contributed by atoms with van der Waals surface area (Å²) in [6.07, 6.45) is 0. The minimum atomic E-state index is -0.630. The lowest BCUT2D eigenvalue weighted by atomic mass is 9.94. The largest absolute Gasteiger partial charge is 0.493 e. The molecule has 0 saturated carbocycles. The molecule has 3 rings (SSSR count). The highest BCUT2D eigenvalue weighted by atomic mass is 16.5. The number of urea groups is 1. The summed E-state index contributed by atoms with van der Waals surface area (Å²) in [7, 11) is 1.55. The average Bonchev–Trinajstić information content (AvgIpc) is 2.70. The SMILES string of the molecule is CCOc1ccc([C@H]2NC(=O)NC(C)=C2C(=O)Nc2ccc(C)c(C)c2)cc1OC. The summed E-state index contributed by atoms with van der Waals surface area (Å²) in [4.78, 5) is 25.3. The topological polar surface area (TPSA) is 88.7 Å². The number of ether oxygens (including phenoxy) is 2. The monoisotopic (exact) mass is 409 g/mol. The fourth-order valence-corrected chi connectivity index (χ4v) is 3.40. The lowest BCUT2D eigenvalue weighted by molar-refractivity contribution is -0.113. The Labute approximate surface area is 176 Å². The van der Waals surface area contributed by atoms with Gasteiger partial charge >= 0.3 is 6.03 Å². The van der Waals surface area contributed by atoms with Gasteiger partial charge in [0.15, 0.2) is 11.5 Å². The molecule has 0 fully saturated rings. The molecule has 0 aliphatic carbocycles. The van der Waals surface area contributed by atoms with Crippen molar-refractivity contribution in [3.8, 4) is 11.5 Å². The number of hydrogen-bond acceptors (Lipinski definition) is 4. The van der Waals surface area contributed by atoms with Gasteiger partial charge in [0.25, 0.3) is 5.91 Å². The minimum absolute atomic E-state index is 0.291. The molecular formula is C23H27N3O4. The normalized spacial score (nSPS) is 15.9. The Balaban J connectivity index is 1.96. The van der Waals surface area contributed by atoms with Crippen molar-refractivity contribution in [2.24, 2.45) is 0 Å². The van der Waals surface area contributed by atoms with Gasteiger partial charge in [-0.15, -0.1) is 0 Å². The van der Waals surface area contributed by atoms with E-state index in [1.165, 1.54) is 0 Å². The number of hydrogen-bond donors (Lipinski definition) is 3. The van der Waals surface area contributed by atoms with Crippen LogP contribution in [0.2, 0.25) is 0 Å². The zero-order valence-electron chi connectivity index (χ0n) is 17.9. The summed E-state index contributed by atoms with van der Waals surface area (Å²) < 4.78 is 11.0. The molecule has 30 heavy (non-hydrogen) atoms. The summed E-state index contributed by atoms with van der Waals surface area (Å²) >= 11 is 0. The van der Waals surface area contributed by atoms with Crippen molar-refractivity contribution >= 4 is 17.6 Å². The number of amides is 3. The van der Waals surface area contributed by atoms with E-state index in [0.717, 1.165) is 16.7 Å². The quantitative estimate of drug-likeness (QED) is 0.673. The first kappa shape index (κ1) is 21.2. The van der Waals surface area contributed by atoms with Gasteiger partial charge in [-0.2, -0.15) is 0 Å². The van der Waals surface area contributed by atoms with Crippen LogP contribution in [0, 0.1) is 13.8 Å². The molecule has 3 amide bonds. The molecule has 3 N–H and O–H groups in total. The molecule has 0 aromatic heterocycles. The van der Waals surface area contributed by atoms with E-state index in [0.29, 0.717) is 35.1 Å². The molecule has 0 unspecified atom stereocenters. The van der Waals surface area contributed by atoms with Crippen molar-refractivity contribution in [3.05, 3.63) is 64.4 Å². The van der Waals surface area contributed by atoms with Crippen LogP contribution in [-0.4, -0.2) is 25.7 Å². The van der Waals surface area contributed by atoms with Crippen LogP contribution in [0.15, 0.2) is 47.7 Å². The van der Waals surface area contributed by atoms with Gasteiger partial charge in [-0.3, -0.25) is 4.79 Å². The summed E-state index contributed by atoms with van der Waals surface area (Å²) in [6, 6.07) is 10.1. The Hall–Kier alpha value is -3.48. The highest BCUT2D eigenvalue weighted by Gasteiger charge is 2.31. The molecule has 2 aromatic carbocycles. The number of carbonyl (C=O) groups excluding carboxylic acids is 2. The average molecular weight is 409 g/mol. The number of carbonyl (C=O) groups is 2. The fraction of sp³-hybridized carbons (Fsp3) is 0.304. The molecule has 1 aliphatic heterocycles. The molecule has 0 spiro atoms. The highest BCUT2D eigenvalue weighted by Crippen LogP contribution is 2.34. The van der Waals surface area contributed by atoms with Crippen LogP contribution in [0.4, 0.5) is 10.5 Å². The van der Waals surface area contributed by atoms with Gasteiger partial charge in [0.2, 0.25) is 0 Å². The van der Waals surface area contributed by atoms with Gasteiger partial charge in [0, 0.05) is 11.4 Å². The Morgan fingerprint density at radius 1 is 1.07 bits per heavy atom. The first-order valence-corrected chi connectivity index (χ1v) is 9.81. The fourth-order valence-electron chi connectivity index (χ4n) is 3.40. The van der Waals surface area contributed by atoms with Crippen LogP contribution in [0.5, 0.6) is 11.5 Å². The van der Waals surface area contributed by atoms with Gasteiger partial charge in [-0.25, -0.2) is 4.79 Å². The second-order valence-electron chi connectivity index (χ2n) is 7.17. The van der Waals surface area contributed by atoms with Gasteiger partial charge < -0.3 is 25.4 Å². The maximum Gasteiger partial charge on any atom is 0.319 e. The van der Waals surface area contributed by atoms with E-state index in [2.05, 4.69) is 16.0 Å². The number of aryl methyl sites for hydroxylation is 2. The smallest absolute Gasteiger partial charge is 0.319 e. The van der Waals surface area contributed by atoms with Crippen LogP contribution in [-0.2, 0) is 4.79 Å². The lowest BCUT2D eigenvalue weighted by Gasteiger charge is -2.29. The molecule has 1 heterocycles. The summed E-state index contributed by atoms with van der Waals surface area (Å²) in [5, 5.41) is 8.47. The van der Waals surface area contributed by atoms with Crippen LogP contribution < -0.4 is 25.4 Å². The van der Waals surface area contributed by atoms with E-state index in [1.807, 2.05) is 45.0 Å². The third-order valence-electron chi connectivity index (χ3n) is 5.10. The lowest BCUT2D eigenvalue weighted by Crippen LogP contribution is -2.46. The third kappa shape index (κ3) is 4.40. The van der Waals surface area contributed by atoms with E-state index in [-0.39, 0.29) is 11.9 Å². The third-order valence-corrected chi connectivity index (χ3v) is 5.10. The van der Waals surface area contributed by atoms with Gasteiger partial charge in [0.1, 0.15) is 0 Å². The van der Waals surface area contributed by atoms with Crippen LogP contribution in [0.3, 0.4) is 0 Å². The highest BCUT2D eigenvalue weighted by molar-refractivity contribution is 6.06. The molecule has 0 bridgehead atoms. The van der Waals surface area contributed by atoms with Gasteiger partial charge in [-0.1, -0.05) is 12.1 Å². The van der Waals surface area contributed by atoms with Gasteiger partial charge in [0.05, 0.1) is 25.3 Å². The molecule has 7 heteroatoms. The van der Waals surface area contributed by atoms with Crippen molar-refractivity contribution in [2.45, 2.75) is 33.7 Å². The minimum Gasteiger partial charge on any atom is -0.493 e. The van der Waals surface area contributed by atoms with Crippen molar-refractivity contribution in [1.82, 2.24) is 10.6 Å². The molecule has 0 saturated heterocycles. The number of anilines is 1. The first-order valence-electron chi connectivity index (χ1n) is 9.81. The van der Waals surface area contributed by atoms with E-state index in [1.54, 1.807) is 26.2 Å². The molecule has 7 nitrogen and oxygen atoms in total. The van der Waals surface area contributed by atoms with Crippen molar-refractivity contribution < 1.29 is 19.1 Å². The molecule has 1 atom stereocenters. The number of benzene rings is 2. The Morgan fingerprint density at radius 2 is 1.83 bits per heavy atom. The molecule has 2 aromatic rings. The zero-order chi connectivity index (χ0) is 21.8. The van der Waals surface area contributed by atoms with E-state index in [4.69, 9.17) is 9.47 Å². The zero-order valence-corrected chi connectivity index (χ0v) is 17.9.